The van der Waals surface area contributed by atoms with Crippen molar-refractivity contribution in [1.29, 1.82) is 0 Å². The summed E-state index contributed by atoms with van der Waals surface area (Å²) in [4.78, 5) is 6.64. The van der Waals surface area contributed by atoms with Crippen molar-refractivity contribution in [2.75, 3.05) is 37.0 Å². The molecular formula is C16H23N5O. The van der Waals surface area contributed by atoms with Crippen molar-refractivity contribution in [2.24, 2.45) is 0 Å². The number of methoxy groups -OCH3 is 1. The fourth-order valence-corrected chi connectivity index (χ4v) is 2.22. The minimum Gasteiger partial charge on any atom is -0.497 e. The highest BCUT2D eigenvalue weighted by Gasteiger charge is 2.06. The molecule has 118 valence electrons. The molecule has 1 aromatic heterocycles. The summed E-state index contributed by atoms with van der Waals surface area (Å²) in [6.45, 7) is 6.75. The van der Waals surface area contributed by atoms with Gasteiger partial charge in [-0.15, -0.1) is 5.10 Å². The van der Waals surface area contributed by atoms with Gasteiger partial charge in [0.15, 0.2) is 5.82 Å². The van der Waals surface area contributed by atoms with Crippen LogP contribution in [0.4, 0.5) is 11.8 Å². The van der Waals surface area contributed by atoms with Crippen LogP contribution in [0.3, 0.4) is 0 Å². The van der Waals surface area contributed by atoms with Crippen molar-refractivity contribution in [3.05, 3.63) is 36.0 Å². The summed E-state index contributed by atoms with van der Waals surface area (Å²) in [5.41, 5.74) is 1.21. The van der Waals surface area contributed by atoms with Crippen molar-refractivity contribution in [1.82, 2.24) is 15.2 Å². The van der Waals surface area contributed by atoms with Crippen LogP contribution in [0.25, 0.3) is 0 Å². The molecule has 22 heavy (non-hydrogen) atoms. The molecule has 0 aliphatic carbocycles. The lowest BCUT2D eigenvalue weighted by atomic mass is 10.1. The second kappa shape index (κ2) is 8.17. The highest BCUT2D eigenvalue weighted by Crippen LogP contribution is 2.13. The Kier molecular flexibility index (Phi) is 5.94. The summed E-state index contributed by atoms with van der Waals surface area (Å²) in [7, 11) is 1.68. The Bertz CT molecular complexity index is 586. The van der Waals surface area contributed by atoms with Crippen molar-refractivity contribution in [3.8, 4) is 5.75 Å². The van der Waals surface area contributed by atoms with E-state index in [1.165, 1.54) is 5.56 Å². The van der Waals surface area contributed by atoms with Crippen LogP contribution in [0.15, 0.2) is 30.5 Å². The molecule has 0 spiro atoms. The van der Waals surface area contributed by atoms with Crippen LogP contribution in [0, 0.1) is 0 Å². The second-order valence-electron chi connectivity index (χ2n) is 4.84. The number of hydrogen-bond donors (Lipinski definition) is 1. The SMILES string of the molecule is CCN(CC)c1cnnc(NCCc2cccc(OC)c2)n1. The van der Waals surface area contributed by atoms with Crippen molar-refractivity contribution in [3.63, 3.8) is 0 Å². The van der Waals surface area contributed by atoms with Crippen LogP contribution in [0.2, 0.25) is 0 Å². The average Bonchev–Trinajstić information content (AvgIpc) is 2.57. The molecule has 2 aromatic rings. The summed E-state index contributed by atoms with van der Waals surface area (Å²) in [6, 6.07) is 8.05. The van der Waals surface area contributed by atoms with E-state index in [1.807, 2.05) is 18.2 Å². The third-order valence-electron chi connectivity index (χ3n) is 3.46. The first-order valence-corrected chi connectivity index (χ1v) is 7.58. The summed E-state index contributed by atoms with van der Waals surface area (Å²) >= 11 is 0. The maximum absolute atomic E-state index is 5.23. The number of nitrogens with one attached hydrogen (secondary N) is 1. The first-order chi connectivity index (χ1) is 10.8. The fraction of sp³-hybridized carbons (Fsp3) is 0.438. The van der Waals surface area contributed by atoms with E-state index in [9.17, 15) is 0 Å². The van der Waals surface area contributed by atoms with E-state index >= 15 is 0 Å². The number of nitrogens with zero attached hydrogens (tertiary/aromatic N) is 4. The second-order valence-corrected chi connectivity index (χ2v) is 4.84. The van der Waals surface area contributed by atoms with E-state index in [4.69, 9.17) is 4.74 Å². The number of aromatic nitrogens is 3. The predicted molar refractivity (Wildman–Crippen MR) is 88.6 cm³/mol. The molecule has 1 heterocycles. The van der Waals surface area contributed by atoms with Crippen LogP contribution in [0.5, 0.6) is 5.75 Å². The molecule has 0 aliphatic rings. The van der Waals surface area contributed by atoms with E-state index < -0.39 is 0 Å². The number of anilines is 2. The molecule has 0 aliphatic heterocycles. The number of rotatable bonds is 8. The molecule has 0 amide bonds. The molecule has 1 aromatic carbocycles. The van der Waals surface area contributed by atoms with Crippen LogP contribution >= 0.6 is 0 Å². The van der Waals surface area contributed by atoms with Crippen LogP contribution < -0.4 is 15.0 Å². The van der Waals surface area contributed by atoms with Gasteiger partial charge in [-0.25, -0.2) is 0 Å². The van der Waals surface area contributed by atoms with Gasteiger partial charge >= 0.3 is 0 Å². The molecule has 6 nitrogen and oxygen atoms in total. The van der Waals surface area contributed by atoms with Gasteiger partial charge in [0.25, 0.3) is 0 Å². The fourth-order valence-electron chi connectivity index (χ4n) is 2.22. The largest absolute Gasteiger partial charge is 0.497 e. The molecule has 0 fully saturated rings. The van der Waals surface area contributed by atoms with Gasteiger partial charge in [0.2, 0.25) is 5.95 Å². The summed E-state index contributed by atoms with van der Waals surface area (Å²) < 4.78 is 5.23. The van der Waals surface area contributed by atoms with E-state index in [0.717, 1.165) is 37.6 Å². The summed E-state index contributed by atoms with van der Waals surface area (Å²) in [6.07, 6.45) is 2.57. The van der Waals surface area contributed by atoms with Gasteiger partial charge in [-0.1, -0.05) is 12.1 Å². The highest BCUT2D eigenvalue weighted by atomic mass is 16.5. The first kappa shape index (κ1) is 16.0. The van der Waals surface area contributed by atoms with Crippen molar-refractivity contribution >= 4 is 11.8 Å². The van der Waals surface area contributed by atoms with E-state index in [2.05, 4.69) is 45.3 Å². The summed E-state index contributed by atoms with van der Waals surface area (Å²) in [5.74, 6) is 2.29. The molecule has 6 heteroatoms. The van der Waals surface area contributed by atoms with Gasteiger partial charge in [0, 0.05) is 19.6 Å². The number of hydrogen-bond acceptors (Lipinski definition) is 6. The monoisotopic (exact) mass is 301 g/mol. The van der Waals surface area contributed by atoms with Gasteiger partial charge < -0.3 is 15.0 Å². The lowest BCUT2D eigenvalue weighted by molar-refractivity contribution is 0.414. The predicted octanol–water partition coefficient (Wildman–Crippen LogP) is 2.38. The van der Waals surface area contributed by atoms with Crippen molar-refractivity contribution < 1.29 is 4.74 Å². The van der Waals surface area contributed by atoms with E-state index in [-0.39, 0.29) is 0 Å². The molecule has 0 atom stereocenters. The van der Waals surface area contributed by atoms with E-state index in [1.54, 1.807) is 13.3 Å². The average molecular weight is 301 g/mol. The van der Waals surface area contributed by atoms with Gasteiger partial charge in [0.1, 0.15) is 5.75 Å². The molecule has 0 radical (unpaired) electrons. The van der Waals surface area contributed by atoms with Gasteiger partial charge in [-0.05, 0) is 38.0 Å². The van der Waals surface area contributed by atoms with Gasteiger partial charge in [0.05, 0.1) is 13.3 Å². The lowest BCUT2D eigenvalue weighted by Gasteiger charge is -2.19. The quantitative estimate of drug-likeness (QED) is 0.807. The van der Waals surface area contributed by atoms with E-state index in [0.29, 0.717) is 5.95 Å². The zero-order valence-corrected chi connectivity index (χ0v) is 13.4. The van der Waals surface area contributed by atoms with Crippen LogP contribution in [-0.2, 0) is 6.42 Å². The zero-order chi connectivity index (χ0) is 15.8. The molecule has 0 unspecified atom stereocenters. The molecule has 0 bridgehead atoms. The Morgan fingerprint density at radius 2 is 2.05 bits per heavy atom. The van der Waals surface area contributed by atoms with Crippen LogP contribution in [-0.4, -0.2) is 41.9 Å². The minimum absolute atomic E-state index is 0.562. The standard InChI is InChI=1S/C16H23N5O/c1-4-21(5-2)15-12-18-20-16(19-15)17-10-9-13-7-6-8-14(11-13)22-3/h6-8,11-12H,4-5,9-10H2,1-3H3,(H,17,19,20). The molecule has 2 rings (SSSR count). The Morgan fingerprint density at radius 3 is 2.77 bits per heavy atom. The number of benzene rings is 1. The first-order valence-electron chi connectivity index (χ1n) is 7.58. The number of ether oxygens (including phenoxy) is 1. The molecule has 0 saturated carbocycles. The minimum atomic E-state index is 0.562. The Hall–Kier alpha value is -2.37. The van der Waals surface area contributed by atoms with Crippen molar-refractivity contribution in [2.45, 2.75) is 20.3 Å². The normalized spacial score (nSPS) is 10.3. The van der Waals surface area contributed by atoms with Gasteiger partial charge in [-0.2, -0.15) is 10.1 Å². The third-order valence-corrected chi connectivity index (χ3v) is 3.46. The highest BCUT2D eigenvalue weighted by molar-refractivity contribution is 5.40. The Balaban J connectivity index is 1.92. The topological polar surface area (TPSA) is 63.2 Å². The molecular weight excluding hydrogens is 278 g/mol. The smallest absolute Gasteiger partial charge is 0.244 e. The maximum Gasteiger partial charge on any atom is 0.244 e. The zero-order valence-electron chi connectivity index (χ0n) is 13.4. The Labute approximate surface area is 131 Å². The molecule has 1 N–H and O–H groups in total. The maximum atomic E-state index is 5.23. The summed E-state index contributed by atoms with van der Waals surface area (Å²) in [5, 5.41) is 11.3. The third kappa shape index (κ3) is 4.31. The lowest BCUT2D eigenvalue weighted by Crippen LogP contribution is -2.24. The molecule has 0 saturated heterocycles. The Morgan fingerprint density at radius 1 is 1.23 bits per heavy atom. The van der Waals surface area contributed by atoms with Gasteiger partial charge in [-0.3, -0.25) is 0 Å². The van der Waals surface area contributed by atoms with Crippen LogP contribution in [0.1, 0.15) is 19.4 Å².